The SMILES string of the molecule is O=C(Cc1cccc(Br)c1)Cc1ccccc1Cl. The van der Waals surface area contributed by atoms with E-state index in [1.165, 1.54) is 0 Å². The normalized spacial score (nSPS) is 10.3. The van der Waals surface area contributed by atoms with Crippen molar-refractivity contribution in [3.63, 3.8) is 0 Å². The zero-order chi connectivity index (χ0) is 13.0. The van der Waals surface area contributed by atoms with Crippen molar-refractivity contribution in [2.24, 2.45) is 0 Å². The molecule has 3 heteroatoms. The first-order chi connectivity index (χ1) is 8.65. The maximum Gasteiger partial charge on any atom is 0.141 e. The summed E-state index contributed by atoms with van der Waals surface area (Å²) >= 11 is 9.43. The number of ketones is 1. The van der Waals surface area contributed by atoms with Gasteiger partial charge in [-0.3, -0.25) is 4.79 Å². The molecule has 0 aromatic heterocycles. The summed E-state index contributed by atoms with van der Waals surface area (Å²) in [7, 11) is 0. The summed E-state index contributed by atoms with van der Waals surface area (Å²) in [5.74, 6) is 0.168. The molecule has 0 aliphatic rings. The molecule has 2 rings (SSSR count). The number of carbonyl (C=O) groups excluding carboxylic acids is 1. The zero-order valence-electron chi connectivity index (χ0n) is 9.70. The summed E-state index contributed by atoms with van der Waals surface area (Å²) in [6.07, 6.45) is 0.816. The molecule has 0 unspecified atom stereocenters. The fourth-order valence-corrected chi connectivity index (χ4v) is 2.44. The van der Waals surface area contributed by atoms with E-state index in [1.54, 1.807) is 0 Å². The number of hydrogen-bond acceptors (Lipinski definition) is 1. The average molecular weight is 324 g/mol. The van der Waals surface area contributed by atoms with Gasteiger partial charge in [0, 0.05) is 22.3 Å². The van der Waals surface area contributed by atoms with Gasteiger partial charge in [0.1, 0.15) is 5.78 Å². The molecule has 18 heavy (non-hydrogen) atoms. The second-order valence-corrected chi connectivity index (χ2v) is 5.44. The summed E-state index contributed by atoms with van der Waals surface area (Å²) in [4.78, 5) is 12.0. The minimum Gasteiger partial charge on any atom is -0.299 e. The largest absolute Gasteiger partial charge is 0.299 e. The third-order valence-electron chi connectivity index (χ3n) is 2.64. The van der Waals surface area contributed by atoms with Gasteiger partial charge in [0.25, 0.3) is 0 Å². The molecule has 0 bridgehead atoms. The summed E-state index contributed by atoms with van der Waals surface area (Å²) in [6.45, 7) is 0. The van der Waals surface area contributed by atoms with Gasteiger partial charge >= 0.3 is 0 Å². The van der Waals surface area contributed by atoms with Crippen molar-refractivity contribution in [2.45, 2.75) is 12.8 Å². The second kappa shape index (κ2) is 6.17. The first kappa shape index (κ1) is 13.3. The lowest BCUT2D eigenvalue weighted by Gasteiger charge is -2.04. The molecule has 0 saturated carbocycles. The second-order valence-electron chi connectivity index (χ2n) is 4.11. The van der Waals surface area contributed by atoms with Gasteiger partial charge in [-0.1, -0.05) is 57.9 Å². The Morgan fingerprint density at radius 1 is 1.06 bits per heavy atom. The lowest BCUT2D eigenvalue weighted by molar-refractivity contribution is -0.117. The minimum absolute atomic E-state index is 0.168. The molecule has 92 valence electrons. The molecule has 0 spiro atoms. The van der Waals surface area contributed by atoms with E-state index < -0.39 is 0 Å². The van der Waals surface area contributed by atoms with E-state index in [-0.39, 0.29) is 5.78 Å². The first-order valence-electron chi connectivity index (χ1n) is 5.65. The summed E-state index contributed by atoms with van der Waals surface area (Å²) < 4.78 is 0.991. The van der Waals surface area contributed by atoms with Crippen LogP contribution in [-0.2, 0) is 17.6 Å². The fourth-order valence-electron chi connectivity index (χ4n) is 1.79. The molecule has 2 aromatic carbocycles. The van der Waals surface area contributed by atoms with Gasteiger partial charge in [0.05, 0.1) is 0 Å². The molecule has 0 aliphatic carbocycles. The van der Waals surface area contributed by atoms with Gasteiger partial charge in [-0.15, -0.1) is 0 Å². The molecule has 0 heterocycles. The lowest BCUT2D eigenvalue weighted by Crippen LogP contribution is -2.06. The molecule has 0 fully saturated rings. The molecule has 0 atom stereocenters. The molecule has 0 amide bonds. The molecular formula is C15H12BrClO. The smallest absolute Gasteiger partial charge is 0.141 e. The van der Waals surface area contributed by atoms with Crippen molar-refractivity contribution in [1.29, 1.82) is 0 Å². The van der Waals surface area contributed by atoms with Crippen LogP contribution in [0.4, 0.5) is 0 Å². The minimum atomic E-state index is 0.168. The highest BCUT2D eigenvalue weighted by atomic mass is 79.9. The van der Waals surface area contributed by atoms with E-state index in [0.29, 0.717) is 17.9 Å². The number of halogens is 2. The van der Waals surface area contributed by atoms with Crippen LogP contribution in [0.1, 0.15) is 11.1 Å². The van der Waals surface area contributed by atoms with E-state index in [9.17, 15) is 4.79 Å². The van der Waals surface area contributed by atoms with Gasteiger partial charge in [-0.05, 0) is 29.3 Å². The predicted molar refractivity (Wildman–Crippen MR) is 78.0 cm³/mol. The first-order valence-corrected chi connectivity index (χ1v) is 6.82. The number of benzene rings is 2. The number of rotatable bonds is 4. The van der Waals surface area contributed by atoms with E-state index in [1.807, 2.05) is 48.5 Å². The molecule has 0 aliphatic heterocycles. The average Bonchev–Trinajstić information content (AvgIpc) is 2.32. The summed E-state index contributed by atoms with van der Waals surface area (Å²) in [5.41, 5.74) is 1.90. The van der Waals surface area contributed by atoms with Crippen LogP contribution in [0.5, 0.6) is 0 Å². The molecule has 1 nitrogen and oxygen atoms in total. The van der Waals surface area contributed by atoms with Crippen LogP contribution >= 0.6 is 27.5 Å². The Labute approximate surface area is 120 Å². The Morgan fingerprint density at radius 2 is 1.83 bits per heavy atom. The van der Waals surface area contributed by atoms with Crippen molar-refractivity contribution < 1.29 is 4.79 Å². The Kier molecular flexibility index (Phi) is 4.56. The van der Waals surface area contributed by atoms with Crippen LogP contribution in [0.2, 0.25) is 5.02 Å². The highest BCUT2D eigenvalue weighted by Gasteiger charge is 2.07. The van der Waals surface area contributed by atoms with Crippen LogP contribution in [0, 0.1) is 0 Å². The molecule has 0 radical (unpaired) electrons. The van der Waals surface area contributed by atoms with Gasteiger partial charge in [-0.25, -0.2) is 0 Å². The zero-order valence-corrected chi connectivity index (χ0v) is 12.0. The Morgan fingerprint density at radius 3 is 2.56 bits per heavy atom. The van der Waals surface area contributed by atoms with E-state index in [4.69, 9.17) is 11.6 Å². The van der Waals surface area contributed by atoms with Gasteiger partial charge in [0.15, 0.2) is 0 Å². The van der Waals surface area contributed by atoms with Crippen molar-refractivity contribution in [3.8, 4) is 0 Å². The maximum atomic E-state index is 12.0. The third kappa shape index (κ3) is 3.69. The Hall–Kier alpha value is -1.12. The lowest BCUT2D eigenvalue weighted by atomic mass is 10.0. The van der Waals surface area contributed by atoms with E-state index in [2.05, 4.69) is 15.9 Å². The van der Waals surface area contributed by atoms with Crippen molar-refractivity contribution >= 4 is 33.3 Å². The number of hydrogen-bond donors (Lipinski definition) is 0. The molecule has 0 N–H and O–H groups in total. The molecule has 0 saturated heterocycles. The highest BCUT2D eigenvalue weighted by Crippen LogP contribution is 2.17. The highest BCUT2D eigenvalue weighted by molar-refractivity contribution is 9.10. The van der Waals surface area contributed by atoms with E-state index in [0.717, 1.165) is 15.6 Å². The van der Waals surface area contributed by atoms with Crippen molar-refractivity contribution in [3.05, 3.63) is 69.2 Å². The monoisotopic (exact) mass is 322 g/mol. The quantitative estimate of drug-likeness (QED) is 0.812. The van der Waals surface area contributed by atoms with E-state index >= 15 is 0 Å². The van der Waals surface area contributed by atoms with Gasteiger partial charge < -0.3 is 0 Å². The van der Waals surface area contributed by atoms with Crippen molar-refractivity contribution in [1.82, 2.24) is 0 Å². The van der Waals surface area contributed by atoms with Crippen molar-refractivity contribution in [2.75, 3.05) is 0 Å². The van der Waals surface area contributed by atoms with Crippen LogP contribution in [0.3, 0.4) is 0 Å². The number of Topliss-reactive ketones (excluding diaryl/α,β-unsaturated/α-hetero) is 1. The van der Waals surface area contributed by atoms with Gasteiger partial charge in [-0.2, -0.15) is 0 Å². The summed E-state index contributed by atoms with van der Waals surface area (Å²) in [6, 6.07) is 15.3. The Balaban J connectivity index is 2.03. The standard InChI is InChI=1S/C15H12BrClO/c16-13-6-3-4-11(8-13)9-14(18)10-12-5-1-2-7-15(12)17/h1-8H,9-10H2. The van der Waals surface area contributed by atoms with Crippen LogP contribution in [0.15, 0.2) is 53.0 Å². The molecule has 2 aromatic rings. The fraction of sp³-hybridized carbons (Fsp3) is 0.133. The molecular weight excluding hydrogens is 312 g/mol. The van der Waals surface area contributed by atoms with Crippen LogP contribution in [0.25, 0.3) is 0 Å². The topological polar surface area (TPSA) is 17.1 Å². The van der Waals surface area contributed by atoms with Crippen LogP contribution in [-0.4, -0.2) is 5.78 Å². The van der Waals surface area contributed by atoms with Crippen LogP contribution < -0.4 is 0 Å². The third-order valence-corrected chi connectivity index (χ3v) is 3.50. The van der Waals surface area contributed by atoms with Gasteiger partial charge in [0.2, 0.25) is 0 Å². The Bertz CT molecular complexity index is 566. The predicted octanol–water partition coefficient (Wildman–Crippen LogP) is 4.46. The summed E-state index contributed by atoms with van der Waals surface area (Å²) in [5, 5.41) is 0.653. The maximum absolute atomic E-state index is 12.0. The number of carbonyl (C=O) groups is 1.